The van der Waals surface area contributed by atoms with Gasteiger partial charge in [-0.1, -0.05) is 23.2 Å². The highest BCUT2D eigenvalue weighted by Crippen LogP contribution is 2.36. The molecule has 0 spiro atoms. The average Bonchev–Trinajstić information content (AvgIpc) is 2.55. The van der Waals surface area contributed by atoms with Crippen LogP contribution in [-0.4, -0.2) is 0 Å². The Labute approximate surface area is 89.1 Å². The van der Waals surface area contributed by atoms with Crippen molar-refractivity contribution in [3.05, 3.63) is 33.1 Å². The molecule has 0 amide bonds. The molecule has 13 heavy (non-hydrogen) atoms. The molecule has 0 N–H and O–H groups in total. The summed E-state index contributed by atoms with van der Waals surface area (Å²) < 4.78 is 0.992. The number of halogens is 2. The molecule has 0 fully saturated rings. The van der Waals surface area contributed by atoms with Gasteiger partial charge in [0.15, 0.2) is 0 Å². The summed E-state index contributed by atoms with van der Waals surface area (Å²) in [6.07, 6.45) is 0. The highest BCUT2D eigenvalue weighted by molar-refractivity contribution is 7.17. The lowest BCUT2D eigenvalue weighted by Crippen LogP contribution is -1.73. The van der Waals surface area contributed by atoms with Gasteiger partial charge in [0.1, 0.15) is 6.07 Å². The lowest BCUT2D eigenvalue weighted by atomic mass is 10.2. The van der Waals surface area contributed by atoms with Gasteiger partial charge in [-0.3, -0.25) is 0 Å². The minimum absolute atomic E-state index is 0.469. The summed E-state index contributed by atoms with van der Waals surface area (Å²) in [7, 11) is 0. The Kier molecular flexibility index (Phi) is 2.17. The molecule has 0 aliphatic heterocycles. The first-order chi connectivity index (χ1) is 6.24. The van der Waals surface area contributed by atoms with E-state index in [1.54, 1.807) is 11.4 Å². The van der Waals surface area contributed by atoms with Gasteiger partial charge in [0.25, 0.3) is 0 Å². The van der Waals surface area contributed by atoms with Crippen LogP contribution in [0.25, 0.3) is 10.1 Å². The van der Waals surface area contributed by atoms with Crippen LogP contribution in [0.1, 0.15) is 5.56 Å². The van der Waals surface area contributed by atoms with Gasteiger partial charge in [0.2, 0.25) is 0 Å². The quantitative estimate of drug-likeness (QED) is 0.666. The van der Waals surface area contributed by atoms with E-state index in [1.165, 1.54) is 11.3 Å². The molecule has 0 unspecified atom stereocenters. The molecule has 0 bridgehead atoms. The lowest BCUT2D eigenvalue weighted by Gasteiger charge is -1.96. The number of hydrogen-bond acceptors (Lipinski definition) is 2. The van der Waals surface area contributed by atoms with Gasteiger partial charge in [-0.15, -0.1) is 11.3 Å². The van der Waals surface area contributed by atoms with Gasteiger partial charge in [0, 0.05) is 15.5 Å². The highest BCUT2D eigenvalue weighted by atomic mass is 35.5. The van der Waals surface area contributed by atoms with Crippen molar-refractivity contribution in [2.24, 2.45) is 0 Å². The van der Waals surface area contributed by atoms with Gasteiger partial charge in [-0.25, -0.2) is 0 Å². The van der Waals surface area contributed by atoms with Crippen LogP contribution in [0.15, 0.2) is 17.5 Å². The van der Waals surface area contributed by atoms with Crippen molar-refractivity contribution in [3.8, 4) is 6.07 Å². The molecule has 1 aromatic heterocycles. The van der Waals surface area contributed by atoms with Crippen LogP contribution in [0.4, 0.5) is 0 Å². The van der Waals surface area contributed by atoms with Crippen LogP contribution in [0, 0.1) is 11.3 Å². The van der Waals surface area contributed by atoms with Gasteiger partial charge < -0.3 is 0 Å². The SMILES string of the molecule is N#Cc1csc2ccc(Cl)c(Cl)c12. The Morgan fingerprint density at radius 3 is 2.77 bits per heavy atom. The highest BCUT2D eigenvalue weighted by Gasteiger charge is 2.09. The van der Waals surface area contributed by atoms with E-state index in [1.807, 2.05) is 6.07 Å². The summed E-state index contributed by atoms with van der Waals surface area (Å²) in [6.45, 7) is 0. The third-order valence-corrected chi connectivity index (χ3v) is 3.50. The van der Waals surface area contributed by atoms with Crippen molar-refractivity contribution in [2.45, 2.75) is 0 Å². The summed E-state index contributed by atoms with van der Waals surface area (Å²) in [5.74, 6) is 0. The molecule has 64 valence electrons. The van der Waals surface area contributed by atoms with Crippen molar-refractivity contribution in [2.75, 3.05) is 0 Å². The summed E-state index contributed by atoms with van der Waals surface area (Å²) in [4.78, 5) is 0. The number of fused-ring (bicyclic) bond motifs is 1. The standard InChI is InChI=1S/C9H3Cl2NS/c10-6-1-2-7-8(9(6)11)5(3-12)4-13-7/h1-2,4H. The lowest BCUT2D eigenvalue weighted by molar-refractivity contribution is 1.52. The molecule has 0 radical (unpaired) electrons. The van der Waals surface area contributed by atoms with Crippen molar-refractivity contribution in [1.29, 1.82) is 5.26 Å². The normalized spacial score (nSPS) is 10.2. The molecule has 1 nitrogen and oxygen atoms in total. The predicted octanol–water partition coefficient (Wildman–Crippen LogP) is 4.08. The molecule has 1 heterocycles. The van der Waals surface area contributed by atoms with Crippen LogP contribution in [0.5, 0.6) is 0 Å². The second-order valence-electron chi connectivity index (χ2n) is 2.50. The molecule has 0 saturated carbocycles. The second-order valence-corrected chi connectivity index (χ2v) is 4.19. The molecule has 0 aliphatic carbocycles. The van der Waals surface area contributed by atoms with Crippen LogP contribution >= 0.6 is 34.5 Å². The molecule has 0 aliphatic rings. The maximum Gasteiger partial charge on any atom is 0.101 e. The van der Waals surface area contributed by atoms with Gasteiger partial charge in [-0.2, -0.15) is 5.26 Å². The monoisotopic (exact) mass is 227 g/mol. The third-order valence-electron chi connectivity index (χ3n) is 1.75. The first-order valence-corrected chi connectivity index (χ1v) is 5.13. The van der Waals surface area contributed by atoms with Crippen molar-refractivity contribution in [3.63, 3.8) is 0 Å². The Morgan fingerprint density at radius 2 is 2.08 bits per heavy atom. The summed E-state index contributed by atoms with van der Waals surface area (Å²) in [5, 5.41) is 12.3. The number of thiophene rings is 1. The van der Waals surface area contributed by atoms with Crippen LogP contribution in [0.2, 0.25) is 10.0 Å². The fourth-order valence-corrected chi connectivity index (χ4v) is 2.52. The van der Waals surface area contributed by atoms with Crippen molar-refractivity contribution < 1.29 is 0 Å². The van der Waals surface area contributed by atoms with Crippen LogP contribution < -0.4 is 0 Å². The fraction of sp³-hybridized carbons (Fsp3) is 0. The molecule has 2 aromatic rings. The van der Waals surface area contributed by atoms with E-state index in [2.05, 4.69) is 6.07 Å². The summed E-state index contributed by atoms with van der Waals surface area (Å²) >= 11 is 13.3. The zero-order chi connectivity index (χ0) is 9.42. The van der Waals surface area contributed by atoms with Gasteiger partial charge >= 0.3 is 0 Å². The van der Waals surface area contributed by atoms with Crippen molar-refractivity contribution >= 4 is 44.6 Å². The zero-order valence-corrected chi connectivity index (χ0v) is 8.67. The number of nitrogens with zero attached hydrogens (tertiary/aromatic N) is 1. The zero-order valence-electron chi connectivity index (χ0n) is 6.34. The maximum absolute atomic E-state index is 8.79. The molecule has 0 saturated heterocycles. The molecule has 1 aromatic carbocycles. The Morgan fingerprint density at radius 1 is 1.31 bits per heavy atom. The predicted molar refractivity (Wildman–Crippen MR) is 56.6 cm³/mol. The van der Waals surface area contributed by atoms with Crippen LogP contribution in [-0.2, 0) is 0 Å². The van der Waals surface area contributed by atoms with E-state index in [9.17, 15) is 0 Å². The second kappa shape index (κ2) is 3.19. The minimum Gasteiger partial charge on any atom is -0.192 e. The van der Waals surface area contributed by atoms with Crippen LogP contribution in [0.3, 0.4) is 0 Å². The number of nitriles is 1. The van der Waals surface area contributed by atoms with E-state index in [0.717, 1.165) is 10.1 Å². The Balaban J connectivity index is 2.95. The van der Waals surface area contributed by atoms with E-state index < -0.39 is 0 Å². The molecule has 4 heteroatoms. The number of hydrogen-bond donors (Lipinski definition) is 0. The average molecular weight is 228 g/mol. The first-order valence-electron chi connectivity index (χ1n) is 3.49. The van der Waals surface area contributed by atoms with E-state index in [-0.39, 0.29) is 0 Å². The summed E-state index contributed by atoms with van der Waals surface area (Å²) in [6, 6.07) is 5.70. The smallest absolute Gasteiger partial charge is 0.101 e. The topological polar surface area (TPSA) is 23.8 Å². The number of benzene rings is 1. The first kappa shape index (κ1) is 8.83. The largest absolute Gasteiger partial charge is 0.192 e. The molecular weight excluding hydrogens is 225 g/mol. The maximum atomic E-state index is 8.79. The van der Waals surface area contributed by atoms with Gasteiger partial charge in [0.05, 0.1) is 15.6 Å². The molecular formula is C9H3Cl2NS. The molecule has 0 atom stereocenters. The van der Waals surface area contributed by atoms with E-state index in [0.29, 0.717) is 15.6 Å². The van der Waals surface area contributed by atoms with Gasteiger partial charge in [-0.05, 0) is 12.1 Å². The number of rotatable bonds is 0. The molecule has 2 rings (SSSR count). The fourth-order valence-electron chi connectivity index (χ4n) is 1.15. The Bertz CT molecular complexity index is 510. The van der Waals surface area contributed by atoms with E-state index in [4.69, 9.17) is 28.5 Å². The van der Waals surface area contributed by atoms with Crippen molar-refractivity contribution in [1.82, 2.24) is 0 Å². The minimum atomic E-state index is 0.469. The third kappa shape index (κ3) is 1.30. The summed E-state index contributed by atoms with van der Waals surface area (Å²) in [5.41, 5.74) is 0.590. The van der Waals surface area contributed by atoms with E-state index >= 15 is 0 Å². The Hall–Kier alpha value is -0.750.